The van der Waals surface area contributed by atoms with Gasteiger partial charge in [-0.1, -0.05) is 30.3 Å². The van der Waals surface area contributed by atoms with E-state index in [2.05, 4.69) is 24.8 Å². The summed E-state index contributed by atoms with van der Waals surface area (Å²) in [5, 5.41) is 20.6. The smallest absolute Gasteiger partial charge is 0.387 e. The Morgan fingerprint density at radius 1 is 1.08 bits per heavy atom. The zero-order chi connectivity index (χ0) is 27.1. The summed E-state index contributed by atoms with van der Waals surface area (Å²) in [7, 11) is -10.8. The number of hydrogen-bond donors (Lipinski definition) is 5. The first-order valence-electron chi connectivity index (χ1n) is 9.73. The number of ether oxygens (including phenoxy) is 1. The van der Waals surface area contributed by atoms with E-state index in [0.717, 1.165) is 18.3 Å². The molecule has 2 heterocycles. The van der Waals surface area contributed by atoms with Crippen LogP contribution in [0.3, 0.4) is 0 Å². The van der Waals surface area contributed by atoms with Gasteiger partial charge in [0.2, 0.25) is 0 Å². The molecule has 1 aliphatic rings. The van der Waals surface area contributed by atoms with Crippen LogP contribution in [0.1, 0.15) is 11.8 Å². The summed E-state index contributed by atoms with van der Waals surface area (Å²) in [4.78, 5) is 52.0. The van der Waals surface area contributed by atoms with Crippen molar-refractivity contribution in [2.75, 3.05) is 6.61 Å². The van der Waals surface area contributed by atoms with E-state index in [1.165, 1.54) is 18.2 Å². The van der Waals surface area contributed by atoms with Gasteiger partial charge < -0.3 is 29.6 Å². The lowest BCUT2D eigenvalue weighted by Crippen LogP contribution is -2.46. The van der Waals surface area contributed by atoms with Gasteiger partial charge in [0.1, 0.15) is 18.3 Å². The highest BCUT2D eigenvalue weighted by Gasteiger charge is 2.46. The summed E-state index contributed by atoms with van der Waals surface area (Å²) in [6.07, 6.45) is -6.41. The number of benzene rings is 1. The molecule has 3 rings (SSSR count). The molecule has 19 heteroatoms. The average Bonchev–Trinajstić information content (AvgIpc) is 3.05. The molecule has 2 aromatic rings. The van der Waals surface area contributed by atoms with Gasteiger partial charge in [-0.25, -0.2) is 13.9 Å². The number of alkyl halides is 2. The predicted octanol–water partition coefficient (Wildman–Crippen LogP) is 0.410. The van der Waals surface area contributed by atoms with Crippen molar-refractivity contribution in [1.82, 2.24) is 9.13 Å². The normalized spacial score (nSPS) is 24.6. The van der Waals surface area contributed by atoms with Crippen LogP contribution >= 0.6 is 31.6 Å². The second kappa shape index (κ2) is 10.6. The number of rotatable bonds is 9. The first-order chi connectivity index (χ1) is 16.5. The van der Waals surface area contributed by atoms with Crippen LogP contribution in [0.5, 0.6) is 0 Å². The Labute approximate surface area is 208 Å². The molecule has 1 aliphatic heterocycles. The molecule has 0 amide bonds. The summed E-state index contributed by atoms with van der Waals surface area (Å²) < 4.78 is 65.5. The molecule has 0 radical (unpaired) electrons. The minimum Gasteiger partial charge on any atom is -0.387 e. The Balaban J connectivity index is 1.88. The Bertz CT molecular complexity index is 1320. The highest BCUT2D eigenvalue weighted by molar-refractivity contribution is 9.10. The molecule has 0 spiro atoms. The second-order valence-electron chi connectivity index (χ2n) is 7.51. The molecular weight excluding hydrogens is 604 g/mol. The number of nitrogens with zero attached hydrogens (tertiary/aromatic N) is 2. The van der Waals surface area contributed by atoms with E-state index in [-0.39, 0.29) is 9.04 Å². The largest absolute Gasteiger partial charge is 0.481 e. The van der Waals surface area contributed by atoms with Crippen molar-refractivity contribution < 1.29 is 56.4 Å². The topological polar surface area (TPSA) is 207 Å². The van der Waals surface area contributed by atoms with Gasteiger partial charge in [0.25, 0.3) is 11.5 Å². The number of aromatic nitrogens is 2. The van der Waals surface area contributed by atoms with E-state index < -0.39 is 76.1 Å². The Morgan fingerprint density at radius 3 is 2.28 bits per heavy atom. The van der Waals surface area contributed by atoms with Crippen molar-refractivity contribution >= 4 is 31.6 Å². The predicted molar refractivity (Wildman–Crippen MR) is 118 cm³/mol. The lowest BCUT2D eigenvalue weighted by atomic mass is 10.1. The van der Waals surface area contributed by atoms with Gasteiger partial charge in [0, 0.05) is 11.8 Å². The lowest BCUT2D eigenvalue weighted by molar-refractivity contribution is -0.0570. The van der Waals surface area contributed by atoms with Crippen LogP contribution in [-0.4, -0.2) is 58.9 Å². The molecule has 1 aromatic carbocycles. The van der Waals surface area contributed by atoms with Crippen LogP contribution in [0, 0.1) is 0 Å². The fourth-order valence-corrected chi connectivity index (χ4v) is 5.34. The maximum atomic E-state index is 14.8. The van der Waals surface area contributed by atoms with Gasteiger partial charge in [-0.3, -0.25) is 18.5 Å². The zero-order valence-corrected chi connectivity index (χ0v) is 21.1. The van der Waals surface area contributed by atoms with Gasteiger partial charge in [-0.05, 0) is 15.9 Å². The van der Waals surface area contributed by atoms with Crippen LogP contribution < -0.4 is 11.2 Å². The molecule has 200 valence electrons. The standard InChI is InChI=1S/C17H19BrF2N2O12P2/c18-10-6-21(16(26)22(14(10)25)8-17(19,20)9-4-2-1-3-5-9)15-13(24)12(23)11(33-15)7-32-36(30,31)34-35(27,28)29/h1-6,11-13,15,23-24H,7-8H2,(H,30,31)(H2,27,28,29)/t11-,12+,13+,15-/m1/s1. The molecule has 1 saturated heterocycles. The highest BCUT2D eigenvalue weighted by atomic mass is 79.9. The van der Waals surface area contributed by atoms with Crippen molar-refractivity contribution in [2.45, 2.75) is 37.0 Å². The monoisotopic (exact) mass is 622 g/mol. The fraction of sp³-hybridized carbons (Fsp3) is 0.412. The number of aliphatic hydroxyl groups is 2. The third-order valence-electron chi connectivity index (χ3n) is 4.93. The van der Waals surface area contributed by atoms with Crippen molar-refractivity contribution in [3.63, 3.8) is 0 Å². The van der Waals surface area contributed by atoms with E-state index in [1.54, 1.807) is 0 Å². The Morgan fingerprint density at radius 2 is 1.69 bits per heavy atom. The maximum absolute atomic E-state index is 14.8. The third kappa shape index (κ3) is 6.62. The molecule has 36 heavy (non-hydrogen) atoms. The van der Waals surface area contributed by atoms with Gasteiger partial charge in [0.15, 0.2) is 6.23 Å². The van der Waals surface area contributed by atoms with E-state index >= 15 is 0 Å². The van der Waals surface area contributed by atoms with Crippen molar-refractivity contribution in [1.29, 1.82) is 0 Å². The summed E-state index contributed by atoms with van der Waals surface area (Å²) in [6.45, 7) is -2.43. The minimum absolute atomic E-state index is 0.194. The first kappa shape index (κ1) is 28.9. The average molecular weight is 623 g/mol. The molecular formula is C17H19BrF2N2O12P2. The lowest BCUT2D eigenvalue weighted by Gasteiger charge is -2.22. The quantitative estimate of drug-likeness (QED) is 0.241. The van der Waals surface area contributed by atoms with Crippen LogP contribution in [0.2, 0.25) is 0 Å². The van der Waals surface area contributed by atoms with Crippen molar-refractivity contribution in [2.24, 2.45) is 0 Å². The van der Waals surface area contributed by atoms with Crippen LogP contribution in [0.15, 0.2) is 50.6 Å². The summed E-state index contributed by atoms with van der Waals surface area (Å²) >= 11 is 2.85. The zero-order valence-electron chi connectivity index (χ0n) is 17.7. The van der Waals surface area contributed by atoms with E-state index in [0.29, 0.717) is 4.57 Å². The second-order valence-corrected chi connectivity index (χ2v) is 11.2. The van der Waals surface area contributed by atoms with Crippen molar-refractivity contribution in [3.05, 3.63) is 67.4 Å². The minimum atomic E-state index is -5.43. The Kier molecular flexibility index (Phi) is 8.55. The van der Waals surface area contributed by atoms with Gasteiger partial charge in [-0.2, -0.15) is 13.1 Å². The van der Waals surface area contributed by atoms with Crippen LogP contribution in [0.25, 0.3) is 0 Å². The number of halogens is 3. The van der Waals surface area contributed by atoms with Crippen LogP contribution in [0.4, 0.5) is 8.78 Å². The highest BCUT2D eigenvalue weighted by Crippen LogP contribution is 2.57. The summed E-state index contributed by atoms with van der Waals surface area (Å²) in [6, 6.07) is 6.38. The molecule has 0 bridgehead atoms. The molecule has 0 saturated carbocycles. The molecule has 1 fully saturated rings. The van der Waals surface area contributed by atoms with E-state index in [1.807, 2.05) is 0 Å². The number of aliphatic hydroxyl groups excluding tert-OH is 2. The molecule has 1 unspecified atom stereocenters. The number of phosphoric ester groups is 1. The molecule has 14 nitrogen and oxygen atoms in total. The molecule has 5 N–H and O–H groups in total. The van der Waals surface area contributed by atoms with Crippen LogP contribution in [-0.2, 0) is 35.2 Å². The molecule has 5 atom stereocenters. The first-order valence-corrected chi connectivity index (χ1v) is 13.5. The van der Waals surface area contributed by atoms with E-state index in [4.69, 9.17) is 14.5 Å². The number of hydrogen-bond acceptors (Lipinski definition) is 9. The maximum Gasteiger partial charge on any atom is 0.481 e. The molecule has 1 aromatic heterocycles. The summed E-state index contributed by atoms with van der Waals surface area (Å²) in [5.41, 5.74) is -2.93. The Hall–Kier alpha value is -1.62. The fourth-order valence-electron chi connectivity index (χ4n) is 3.30. The summed E-state index contributed by atoms with van der Waals surface area (Å²) in [5.74, 6) is -3.66. The van der Waals surface area contributed by atoms with Gasteiger partial charge in [0.05, 0.1) is 17.6 Å². The van der Waals surface area contributed by atoms with Gasteiger partial charge >= 0.3 is 21.3 Å². The molecule has 0 aliphatic carbocycles. The SMILES string of the molecule is O=c1c(Br)cn([C@@H]2O[C@H](COP(=O)(O)OP(=O)(O)O)[C@H](O)[C@@H]2O)c(=O)n1CC(F)(F)c1ccccc1. The van der Waals surface area contributed by atoms with E-state index in [9.17, 15) is 42.6 Å². The van der Waals surface area contributed by atoms with Gasteiger partial charge in [-0.15, -0.1) is 0 Å². The number of phosphoric acid groups is 2. The third-order valence-corrected chi connectivity index (χ3v) is 7.63. The van der Waals surface area contributed by atoms with Crippen molar-refractivity contribution in [3.8, 4) is 0 Å².